The van der Waals surface area contributed by atoms with Crippen LogP contribution < -0.4 is 14.8 Å². The number of nitrogens with zero attached hydrogens (tertiary/aromatic N) is 2. The van der Waals surface area contributed by atoms with Crippen LogP contribution in [0.4, 0.5) is 10.1 Å². The normalized spacial score (nSPS) is 10.9. The monoisotopic (exact) mass is 481 g/mol. The number of para-hydroxylation sites is 2. The number of rotatable bonds is 6. The van der Waals surface area contributed by atoms with Crippen molar-refractivity contribution < 1.29 is 18.7 Å². The molecule has 0 aliphatic heterocycles. The highest BCUT2D eigenvalue weighted by Crippen LogP contribution is 2.32. The summed E-state index contributed by atoms with van der Waals surface area (Å²) in [6, 6.07) is 24.4. The second-order valence-electron chi connectivity index (χ2n) is 8.36. The first-order chi connectivity index (χ1) is 17.4. The lowest BCUT2D eigenvalue weighted by molar-refractivity contribution is 0.102. The van der Waals surface area contributed by atoms with E-state index >= 15 is 0 Å². The van der Waals surface area contributed by atoms with Crippen molar-refractivity contribution in [3.8, 4) is 22.9 Å². The third-order valence-electron chi connectivity index (χ3n) is 5.91. The molecule has 0 saturated carbocycles. The summed E-state index contributed by atoms with van der Waals surface area (Å²) >= 11 is 0. The van der Waals surface area contributed by atoms with Crippen LogP contribution in [0.1, 0.15) is 21.7 Å². The standard InChI is InChI=1S/C29H24FN3O3/c1-18-16-23(36-28-7-5-4-6-27(28)35-3)13-15-24(18)32-29(34)20-8-14-25-26(17-20)33(19(2)31-25)22-11-9-21(30)10-12-22/h4-17H,1-3H3,(H,32,34). The van der Waals surface area contributed by atoms with Gasteiger partial charge in [0.05, 0.1) is 18.1 Å². The number of hydrogen-bond acceptors (Lipinski definition) is 4. The van der Waals surface area contributed by atoms with Crippen molar-refractivity contribution >= 4 is 22.6 Å². The Hall–Kier alpha value is -4.65. The molecule has 180 valence electrons. The molecule has 0 fully saturated rings. The van der Waals surface area contributed by atoms with Crippen LogP contribution >= 0.6 is 0 Å². The molecule has 5 rings (SSSR count). The number of fused-ring (bicyclic) bond motifs is 1. The van der Waals surface area contributed by atoms with Crippen molar-refractivity contribution in [2.45, 2.75) is 13.8 Å². The van der Waals surface area contributed by atoms with Crippen LogP contribution in [0.25, 0.3) is 16.7 Å². The molecule has 36 heavy (non-hydrogen) atoms. The fraction of sp³-hybridized carbons (Fsp3) is 0.103. The molecule has 5 aromatic rings. The number of aromatic nitrogens is 2. The number of halogens is 1. The van der Waals surface area contributed by atoms with Crippen molar-refractivity contribution in [3.05, 3.63) is 108 Å². The maximum atomic E-state index is 13.4. The Morgan fingerprint density at radius 3 is 2.39 bits per heavy atom. The van der Waals surface area contributed by atoms with Crippen LogP contribution in [-0.4, -0.2) is 22.6 Å². The molecule has 6 nitrogen and oxygen atoms in total. The zero-order chi connectivity index (χ0) is 25.2. The molecule has 1 amide bonds. The van der Waals surface area contributed by atoms with Crippen molar-refractivity contribution in [3.63, 3.8) is 0 Å². The number of methoxy groups -OCH3 is 1. The van der Waals surface area contributed by atoms with E-state index in [-0.39, 0.29) is 11.7 Å². The third-order valence-corrected chi connectivity index (χ3v) is 5.91. The number of anilines is 1. The number of aryl methyl sites for hydroxylation is 2. The molecule has 0 spiro atoms. The van der Waals surface area contributed by atoms with E-state index in [1.807, 2.05) is 60.9 Å². The Kier molecular flexibility index (Phi) is 6.12. The van der Waals surface area contributed by atoms with Crippen LogP contribution in [0, 0.1) is 19.7 Å². The van der Waals surface area contributed by atoms with Gasteiger partial charge in [0.1, 0.15) is 17.4 Å². The van der Waals surface area contributed by atoms with Crippen LogP contribution in [0.3, 0.4) is 0 Å². The molecule has 0 aliphatic rings. The molecule has 0 aliphatic carbocycles. The number of ether oxygens (including phenoxy) is 2. The van der Waals surface area contributed by atoms with Gasteiger partial charge in [-0.15, -0.1) is 0 Å². The van der Waals surface area contributed by atoms with Crippen LogP contribution in [0.5, 0.6) is 17.2 Å². The average molecular weight is 482 g/mol. The summed E-state index contributed by atoms with van der Waals surface area (Å²) in [6.07, 6.45) is 0. The number of benzene rings is 4. The average Bonchev–Trinajstić information content (AvgIpc) is 3.21. The largest absolute Gasteiger partial charge is 0.493 e. The number of imidazole rings is 1. The van der Waals surface area contributed by atoms with E-state index in [1.54, 1.807) is 37.4 Å². The van der Waals surface area contributed by atoms with Crippen LogP contribution in [0.2, 0.25) is 0 Å². The summed E-state index contributed by atoms with van der Waals surface area (Å²) in [6.45, 7) is 3.78. The Balaban J connectivity index is 1.39. The predicted molar refractivity (Wildman–Crippen MR) is 138 cm³/mol. The van der Waals surface area contributed by atoms with E-state index in [4.69, 9.17) is 9.47 Å². The first-order valence-electron chi connectivity index (χ1n) is 11.4. The molecule has 0 radical (unpaired) electrons. The van der Waals surface area contributed by atoms with E-state index in [2.05, 4.69) is 10.3 Å². The predicted octanol–water partition coefficient (Wildman–Crippen LogP) is 6.83. The minimum Gasteiger partial charge on any atom is -0.493 e. The molecule has 1 heterocycles. The van der Waals surface area contributed by atoms with Gasteiger partial charge in [0.2, 0.25) is 0 Å². The minimum absolute atomic E-state index is 0.247. The molecule has 1 aromatic heterocycles. The Morgan fingerprint density at radius 2 is 1.67 bits per heavy atom. The highest BCUT2D eigenvalue weighted by Gasteiger charge is 2.15. The lowest BCUT2D eigenvalue weighted by atomic mass is 10.1. The quantitative estimate of drug-likeness (QED) is 0.289. The van der Waals surface area contributed by atoms with Gasteiger partial charge in [-0.1, -0.05) is 12.1 Å². The van der Waals surface area contributed by atoms with Crippen LogP contribution in [-0.2, 0) is 0 Å². The van der Waals surface area contributed by atoms with E-state index in [0.717, 1.165) is 28.1 Å². The molecule has 0 bridgehead atoms. The van der Waals surface area contributed by atoms with Gasteiger partial charge in [-0.2, -0.15) is 0 Å². The van der Waals surface area contributed by atoms with Gasteiger partial charge in [0.15, 0.2) is 11.5 Å². The molecule has 0 atom stereocenters. The summed E-state index contributed by atoms with van der Waals surface area (Å²) in [5.74, 6) is 2.07. The van der Waals surface area contributed by atoms with Crippen molar-refractivity contribution in [2.75, 3.05) is 12.4 Å². The summed E-state index contributed by atoms with van der Waals surface area (Å²) < 4.78 is 26.6. The second kappa shape index (κ2) is 9.54. The summed E-state index contributed by atoms with van der Waals surface area (Å²) in [4.78, 5) is 17.7. The van der Waals surface area contributed by atoms with Gasteiger partial charge in [-0.3, -0.25) is 9.36 Å². The van der Waals surface area contributed by atoms with E-state index in [9.17, 15) is 9.18 Å². The molecular weight excluding hydrogens is 457 g/mol. The van der Waals surface area contributed by atoms with E-state index in [0.29, 0.717) is 28.5 Å². The van der Waals surface area contributed by atoms with E-state index in [1.165, 1.54) is 12.1 Å². The molecule has 7 heteroatoms. The SMILES string of the molecule is COc1ccccc1Oc1ccc(NC(=O)c2ccc3nc(C)n(-c4ccc(F)cc4)c3c2)c(C)c1. The van der Waals surface area contributed by atoms with Gasteiger partial charge in [-0.25, -0.2) is 9.37 Å². The lowest BCUT2D eigenvalue weighted by Gasteiger charge is -2.13. The number of nitrogens with one attached hydrogen (secondary N) is 1. The highest BCUT2D eigenvalue weighted by molar-refractivity contribution is 6.06. The number of amides is 1. The van der Waals surface area contributed by atoms with Crippen LogP contribution in [0.15, 0.2) is 84.9 Å². The molecule has 4 aromatic carbocycles. The van der Waals surface area contributed by atoms with Gasteiger partial charge in [-0.05, 0) is 92.2 Å². The molecule has 0 unspecified atom stereocenters. The third kappa shape index (κ3) is 4.51. The topological polar surface area (TPSA) is 65.4 Å². The first kappa shape index (κ1) is 23.1. The zero-order valence-electron chi connectivity index (χ0n) is 20.1. The Bertz CT molecular complexity index is 1580. The van der Waals surface area contributed by atoms with E-state index < -0.39 is 0 Å². The van der Waals surface area contributed by atoms with Crippen molar-refractivity contribution in [1.29, 1.82) is 0 Å². The van der Waals surface area contributed by atoms with Gasteiger partial charge < -0.3 is 14.8 Å². The number of hydrogen-bond donors (Lipinski definition) is 1. The fourth-order valence-corrected chi connectivity index (χ4v) is 4.12. The highest BCUT2D eigenvalue weighted by atomic mass is 19.1. The first-order valence-corrected chi connectivity index (χ1v) is 11.4. The summed E-state index contributed by atoms with van der Waals surface area (Å²) in [5.41, 5.74) is 4.31. The van der Waals surface area contributed by atoms with Gasteiger partial charge in [0.25, 0.3) is 5.91 Å². The maximum Gasteiger partial charge on any atom is 0.255 e. The zero-order valence-corrected chi connectivity index (χ0v) is 20.1. The fourth-order valence-electron chi connectivity index (χ4n) is 4.12. The molecular formula is C29H24FN3O3. The van der Waals surface area contributed by atoms with Gasteiger partial charge in [0, 0.05) is 16.9 Å². The molecule has 1 N–H and O–H groups in total. The minimum atomic E-state index is -0.310. The smallest absolute Gasteiger partial charge is 0.255 e. The second-order valence-corrected chi connectivity index (χ2v) is 8.36. The van der Waals surface area contributed by atoms with Crippen molar-refractivity contribution in [2.24, 2.45) is 0 Å². The Labute approximate surface area is 207 Å². The van der Waals surface area contributed by atoms with Gasteiger partial charge >= 0.3 is 0 Å². The maximum absolute atomic E-state index is 13.4. The Morgan fingerprint density at radius 1 is 0.917 bits per heavy atom. The number of carbonyl (C=O) groups is 1. The number of carbonyl (C=O) groups excluding carboxylic acids is 1. The summed E-state index contributed by atoms with van der Waals surface area (Å²) in [7, 11) is 1.59. The summed E-state index contributed by atoms with van der Waals surface area (Å²) in [5, 5.41) is 2.98. The van der Waals surface area contributed by atoms with Crippen molar-refractivity contribution in [1.82, 2.24) is 9.55 Å². The molecule has 0 saturated heterocycles. The lowest BCUT2D eigenvalue weighted by Crippen LogP contribution is -2.13.